The lowest BCUT2D eigenvalue weighted by atomic mass is 9.93. The molecule has 0 bridgehead atoms. The van der Waals surface area contributed by atoms with Gasteiger partial charge in [-0.1, -0.05) is 48.6 Å². The van der Waals surface area contributed by atoms with E-state index in [0.717, 1.165) is 32.1 Å². The molecular formula is C18H30N2. The number of rotatable bonds is 6. The summed E-state index contributed by atoms with van der Waals surface area (Å²) in [4.78, 5) is 2.68. The summed E-state index contributed by atoms with van der Waals surface area (Å²) in [5.74, 6) is 0. The Balaban J connectivity index is 2.05. The summed E-state index contributed by atoms with van der Waals surface area (Å²) >= 11 is 0. The topological polar surface area (TPSA) is 29.3 Å². The molecule has 1 aliphatic rings. The van der Waals surface area contributed by atoms with Gasteiger partial charge in [-0.15, -0.1) is 0 Å². The maximum atomic E-state index is 5.72. The fraction of sp³-hybridized carbons (Fsp3) is 0.667. The molecule has 0 radical (unpaired) electrons. The lowest BCUT2D eigenvalue weighted by Gasteiger charge is -2.34. The molecule has 1 fully saturated rings. The molecule has 0 heterocycles. The van der Waals surface area contributed by atoms with Gasteiger partial charge < -0.3 is 5.73 Å². The van der Waals surface area contributed by atoms with E-state index in [1.165, 1.54) is 48.8 Å². The van der Waals surface area contributed by atoms with Gasteiger partial charge in [0.05, 0.1) is 0 Å². The van der Waals surface area contributed by atoms with Gasteiger partial charge in [-0.3, -0.25) is 4.90 Å². The van der Waals surface area contributed by atoms with Crippen molar-refractivity contribution in [3.8, 4) is 0 Å². The quantitative estimate of drug-likeness (QED) is 0.855. The highest BCUT2D eigenvalue weighted by molar-refractivity contribution is 5.28. The lowest BCUT2D eigenvalue weighted by molar-refractivity contribution is 0.147. The Morgan fingerprint density at radius 1 is 1.05 bits per heavy atom. The van der Waals surface area contributed by atoms with Gasteiger partial charge >= 0.3 is 0 Å². The highest BCUT2D eigenvalue weighted by atomic mass is 15.2. The predicted octanol–water partition coefficient (Wildman–Crippen LogP) is 3.79. The first-order valence-electron chi connectivity index (χ1n) is 8.20. The maximum Gasteiger partial charge on any atom is 0.0236 e. The molecule has 0 atom stereocenters. The van der Waals surface area contributed by atoms with E-state index in [0.29, 0.717) is 0 Å². The highest BCUT2D eigenvalue weighted by Crippen LogP contribution is 2.24. The van der Waals surface area contributed by atoms with Crippen LogP contribution in [0.1, 0.15) is 55.2 Å². The average Bonchev–Trinajstić information content (AvgIpc) is 2.43. The van der Waals surface area contributed by atoms with Gasteiger partial charge in [0.1, 0.15) is 0 Å². The van der Waals surface area contributed by atoms with Gasteiger partial charge in [-0.05, 0) is 51.8 Å². The Morgan fingerprint density at radius 2 is 1.70 bits per heavy atom. The molecule has 1 aromatic carbocycles. The Bertz CT molecular complexity index is 388. The number of aryl methyl sites for hydroxylation is 2. The Kier molecular flexibility index (Phi) is 6.06. The van der Waals surface area contributed by atoms with Crippen LogP contribution in [0.4, 0.5) is 0 Å². The molecular weight excluding hydrogens is 244 g/mol. The van der Waals surface area contributed by atoms with Gasteiger partial charge in [0, 0.05) is 12.6 Å². The predicted molar refractivity (Wildman–Crippen MR) is 86.9 cm³/mol. The van der Waals surface area contributed by atoms with Crippen LogP contribution in [0, 0.1) is 13.8 Å². The molecule has 0 aromatic heterocycles. The van der Waals surface area contributed by atoms with Crippen LogP contribution in [0.3, 0.4) is 0 Å². The normalized spacial score (nSPS) is 16.8. The summed E-state index contributed by atoms with van der Waals surface area (Å²) in [6, 6.07) is 7.71. The fourth-order valence-corrected chi connectivity index (χ4v) is 3.53. The Labute approximate surface area is 124 Å². The van der Waals surface area contributed by atoms with Crippen molar-refractivity contribution in [1.29, 1.82) is 0 Å². The van der Waals surface area contributed by atoms with E-state index in [1.54, 1.807) is 0 Å². The zero-order valence-corrected chi connectivity index (χ0v) is 13.2. The molecule has 2 N–H and O–H groups in total. The maximum absolute atomic E-state index is 5.72. The molecule has 20 heavy (non-hydrogen) atoms. The van der Waals surface area contributed by atoms with Crippen LogP contribution >= 0.6 is 0 Å². The molecule has 2 rings (SSSR count). The SMILES string of the molecule is Cc1cc(C)cc(CN(CCCN)C2CCCCC2)c1. The van der Waals surface area contributed by atoms with Gasteiger partial charge in [0.15, 0.2) is 0 Å². The van der Waals surface area contributed by atoms with E-state index in [1.807, 2.05) is 0 Å². The Morgan fingerprint density at radius 3 is 2.30 bits per heavy atom. The van der Waals surface area contributed by atoms with E-state index in [9.17, 15) is 0 Å². The third-order valence-electron chi connectivity index (χ3n) is 4.41. The zero-order valence-electron chi connectivity index (χ0n) is 13.2. The van der Waals surface area contributed by atoms with E-state index in [2.05, 4.69) is 36.9 Å². The van der Waals surface area contributed by atoms with Crippen LogP contribution in [0.5, 0.6) is 0 Å². The second-order valence-corrected chi connectivity index (χ2v) is 6.40. The third-order valence-corrected chi connectivity index (χ3v) is 4.41. The van der Waals surface area contributed by atoms with Crippen molar-refractivity contribution >= 4 is 0 Å². The zero-order chi connectivity index (χ0) is 14.4. The summed E-state index contributed by atoms with van der Waals surface area (Å²) in [5.41, 5.74) is 9.94. The Hall–Kier alpha value is -0.860. The molecule has 0 spiro atoms. The van der Waals surface area contributed by atoms with Gasteiger partial charge in [0.2, 0.25) is 0 Å². The van der Waals surface area contributed by atoms with Crippen molar-refractivity contribution in [2.45, 2.75) is 65.0 Å². The molecule has 1 aliphatic carbocycles. The number of nitrogens with zero attached hydrogens (tertiary/aromatic N) is 1. The summed E-state index contributed by atoms with van der Waals surface area (Å²) < 4.78 is 0. The molecule has 112 valence electrons. The average molecular weight is 274 g/mol. The minimum absolute atomic E-state index is 0.774. The first-order valence-corrected chi connectivity index (χ1v) is 8.20. The highest BCUT2D eigenvalue weighted by Gasteiger charge is 2.20. The third kappa shape index (κ3) is 4.60. The minimum atomic E-state index is 0.774. The monoisotopic (exact) mass is 274 g/mol. The van der Waals surface area contributed by atoms with Gasteiger partial charge in [-0.25, -0.2) is 0 Å². The van der Waals surface area contributed by atoms with Crippen LogP contribution < -0.4 is 5.73 Å². The van der Waals surface area contributed by atoms with E-state index in [4.69, 9.17) is 5.73 Å². The number of hydrogen-bond donors (Lipinski definition) is 1. The van der Waals surface area contributed by atoms with E-state index < -0.39 is 0 Å². The first kappa shape index (κ1) is 15.5. The number of benzene rings is 1. The number of nitrogens with two attached hydrogens (primary N) is 1. The van der Waals surface area contributed by atoms with Crippen molar-refractivity contribution in [3.05, 3.63) is 34.9 Å². The molecule has 0 unspecified atom stereocenters. The van der Waals surface area contributed by atoms with Crippen LogP contribution in [-0.2, 0) is 6.54 Å². The largest absolute Gasteiger partial charge is 0.330 e. The summed E-state index contributed by atoms with van der Waals surface area (Å²) in [5, 5.41) is 0. The van der Waals surface area contributed by atoms with Crippen molar-refractivity contribution in [3.63, 3.8) is 0 Å². The fourth-order valence-electron chi connectivity index (χ4n) is 3.53. The smallest absolute Gasteiger partial charge is 0.0236 e. The molecule has 1 saturated carbocycles. The van der Waals surface area contributed by atoms with Crippen LogP contribution in [-0.4, -0.2) is 24.0 Å². The summed E-state index contributed by atoms with van der Waals surface area (Å²) in [7, 11) is 0. The van der Waals surface area contributed by atoms with Crippen LogP contribution in [0.2, 0.25) is 0 Å². The van der Waals surface area contributed by atoms with Crippen molar-refractivity contribution in [2.24, 2.45) is 5.73 Å². The first-order chi connectivity index (χ1) is 9.69. The van der Waals surface area contributed by atoms with E-state index in [-0.39, 0.29) is 0 Å². The molecule has 0 aliphatic heterocycles. The molecule has 1 aromatic rings. The molecule has 2 heteroatoms. The van der Waals surface area contributed by atoms with Crippen molar-refractivity contribution in [1.82, 2.24) is 4.90 Å². The second kappa shape index (κ2) is 7.80. The molecule has 0 saturated heterocycles. The number of hydrogen-bond acceptors (Lipinski definition) is 2. The lowest BCUT2D eigenvalue weighted by Crippen LogP contribution is -2.37. The summed E-state index contributed by atoms with van der Waals surface area (Å²) in [6.45, 7) is 7.43. The summed E-state index contributed by atoms with van der Waals surface area (Å²) in [6.07, 6.45) is 8.07. The minimum Gasteiger partial charge on any atom is -0.330 e. The molecule has 2 nitrogen and oxygen atoms in total. The van der Waals surface area contributed by atoms with Crippen molar-refractivity contribution < 1.29 is 0 Å². The second-order valence-electron chi connectivity index (χ2n) is 6.40. The van der Waals surface area contributed by atoms with E-state index >= 15 is 0 Å². The van der Waals surface area contributed by atoms with Crippen molar-refractivity contribution in [2.75, 3.05) is 13.1 Å². The standard InChI is InChI=1S/C18H30N2/c1-15-11-16(2)13-17(12-15)14-20(10-6-9-19)18-7-4-3-5-8-18/h11-13,18H,3-10,14,19H2,1-2H3. The van der Waals surface area contributed by atoms with Crippen LogP contribution in [0.25, 0.3) is 0 Å². The molecule has 0 amide bonds. The van der Waals surface area contributed by atoms with Crippen LogP contribution in [0.15, 0.2) is 18.2 Å². The van der Waals surface area contributed by atoms with Gasteiger partial charge in [0.25, 0.3) is 0 Å². The van der Waals surface area contributed by atoms with Gasteiger partial charge in [-0.2, -0.15) is 0 Å².